The zero-order valence-corrected chi connectivity index (χ0v) is 18.8. The Morgan fingerprint density at radius 1 is 1.29 bits per heavy atom. The number of benzene rings is 1. The lowest BCUT2D eigenvalue weighted by atomic mass is 9.97. The predicted octanol–water partition coefficient (Wildman–Crippen LogP) is 3.03. The number of fused-ring (bicyclic) bond motifs is 1. The van der Waals surface area contributed by atoms with Crippen LogP contribution in [0.2, 0.25) is 10.0 Å². The molecule has 1 aromatic carbocycles. The first-order valence-corrected chi connectivity index (χ1v) is 10.9. The highest BCUT2D eigenvalue weighted by Crippen LogP contribution is 2.40. The van der Waals surface area contributed by atoms with Crippen molar-refractivity contribution in [3.8, 4) is 5.75 Å². The summed E-state index contributed by atoms with van der Waals surface area (Å²) in [5, 5.41) is 9.87. The summed E-state index contributed by atoms with van der Waals surface area (Å²) in [6, 6.07) is 3.52. The first kappa shape index (κ1) is 22.1. The SMILES string of the molecule is Cc1cc(C)c(CN2CCc3c(Cl)cc(OC4COC(CO)C4)c(Cl)c3C2=O)c(=O)[nH]1. The molecular weight excluding hydrogens is 443 g/mol. The van der Waals surface area contributed by atoms with E-state index in [1.807, 2.05) is 19.9 Å². The van der Waals surface area contributed by atoms with Crippen molar-refractivity contribution in [3.63, 3.8) is 0 Å². The molecule has 0 aliphatic carbocycles. The second kappa shape index (κ2) is 8.82. The molecule has 2 aliphatic heterocycles. The van der Waals surface area contributed by atoms with Gasteiger partial charge in [-0.05, 0) is 37.5 Å². The lowest BCUT2D eigenvalue weighted by Gasteiger charge is -2.31. The number of carbonyl (C=O) groups excluding carboxylic acids is 1. The van der Waals surface area contributed by atoms with Gasteiger partial charge in [0.05, 0.1) is 36.4 Å². The molecule has 0 spiro atoms. The number of H-pyrrole nitrogens is 1. The fraction of sp³-hybridized carbons (Fsp3) is 0.455. The number of nitrogens with one attached hydrogen (secondary N) is 1. The van der Waals surface area contributed by atoms with Gasteiger partial charge in [-0.25, -0.2) is 0 Å². The summed E-state index contributed by atoms with van der Waals surface area (Å²) in [6.45, 7) is 4.55. The zero-order chi connectivity index (χ0) is 22.3. The van der Waals surface area contributed by atoms with Crippen LogP contribution in [0.1, 0.15) is 39.2 Å². The highest BCUT2D eigenvalue weighted by atomic mass is 35.5. The van der Waals surface area contributed by atoms with Crippen LogP contribution in [0.4, 0.5) is 0 Å². The van der Waals surface area contributed by atoms with Crippen LogP contribution in [-0.2, 0) is 17.7 Å². The second-order valence-electron chi connectivity index (χ2n) is 8.06. The Morgan fingerprint density at radius 3 is 2.74 bits per heavy atom. The third kappa shape index (κ3) is 4.32. The molecule has 9 heteroatoms. The Bertz CT molecular complexity index is 1080. The van der Waals surface area contributed by atoms with Gasteiger partial charge in [-0.2, -0.15) is 0 Å². The van der Waals surface area contributed by atoms with E-state index < -0.39 is 0 Å². The highest BCUT2D eigenvalue weighted by Gasteiger charge is 2.33. The van der Waals surface area contributed by atoms with Gasteiger partial charge >= 0.3 is 0 Å². The number of rotatable bonds is 5. The van der Waals surface area contributed by atoms with E-state index in [4.69, 9.17) is 32.7 Å². The molecule has 2 aromatic rings. The number of amides is 1. The van der Waals surface area contributed by atoms with E-state index in [0.29, 0.717) is 53.5 Å². The molecule has 2 N–H and O–H groups in total. The van der Waals surface area contributed by atoms with Crippen LogP contribution in [0.3, 0.4) is 0 Å². The van der Waals surface area contributed by atoms with E-state index in [2.05, 4.69) is 4.98 Å². The molecule has 2 aliphatic rings. The molecule has 2 atom stereocenters. The van der Waals surface area contributed by atoms with Crippen LogP contribution >= 0.6 is 23.2 Å². The van der Waals surface area contributed by atoms with E-state index in [0.717, 1.165) is 11.3 Å². The molecule has 0 bridgehead atoms. The fourth-order valence-electron chi connectivity index (χ4n) is 4.18. The van der Waals surface area contributed by atoms with Gasteiger partial charge in [0.2, 0.25) is 0 Å². The van der Waals surface area contributed by atoms with E-state index in [1.165, 1.54) is 0 Å². The molecule has 1 amide bonds. The van der Waals surface area contributed by atoms with Crippen LogP contribution in [0, 0.1) is 13.8 Å². The van der Waals surface area contributed by atoms with Crippen molar-refractivity contribution in [1.29, 1.82) is 0 Å². The summed E-state index contributed by atoms with van der Waals surface area (Å²) in [5.74, 6) is 0.0334. The van der Waals surface area contributed by atoms with Gasteiger partial charge in [-0.15, -0.1) is 0 Å². The molecule has 0 saturated carbocycles. The van der Waals surface area contributed by atoms with Crippen LogP contribution in [-0.4, -0.2) is 52.9 Å². The number of aromatic nitrogens is 1. The number of aryl methyl sites for hydroxylation is 2. The maximum absolute atomic E-state index is 13.3. The Labute approximate surface area is 189 Å². The summed E-state index contributed by atoms with van der Waals surface area (Å²) in [5.41, 5.74) is 2.96. The van der Waals surface area contributed by atoms with Gasteiger partial charge in [0.15, 0.2) is 0 Å². The van der Waals surface area contributed by atoms with Gasteiger partial charge < -0.3 is 24.5 Å². The smallest absolute Gasteiger partial charge is 0.256 e. The lowest BCUT2D eigenvalue weighted by Crippen LogP contribution is -2.39. The molecule has 4 rings (SSSR count). The molecule has 7 nitrogen and oxygen atoms in total. The maximum Gasteiger partial charge on any atom is 0.256 e. The van der Waals surface area contributed by atoms with Crippen LogP contribution in [0.15, 0.2) is 16.9 Å². The predicted molar refractivity (Wildman–Crippen MR) is 117 cm³/mol. The number of ether oxygens (including phenoxy) is 2. The quantitative estimate of drug-likeness (QED) is 0.706. The van der Waals surface area contributed by atoms with Crippen molar-refractivity contribution in [2.24, 2.45) is 0 Å². The largest absolute Gasteiger partial charge is 0.486 e. The van der Waals surface area contributed by atoms with Gasteiger partial charge in [-0.1, -0.05) is 23.2 Å². The third-order valence-electron chi connectivity index (χ3n) is 5.80. The molecule has 2 unspecified atom stereocenters. The molecule has 1 fully saturated rings. The highest BCUT2D eigenvalue weighted by molar-refractivity contribution is 6.38. The minimum absolute atomic E-state index is 0.0798. The minimum atomic E-state index is -0.285. The first-order chi connectivity index (χ1) is 14.8. The summed E-state index contributed by atoms with van der Waals surface area (Å²) in [7, 11) is 0. The number of hydrogen-bond donors (Lipinski definition) is 2. The standard InChI is InChI=1S/C22H24Cl2N2O5/c1-11-5-12(2)25-21(28)16(11)8-26-4-3-15-17(23)7-18(20(24)19(15)22(26)29)31-14-6-13(9-27)30-10-14/h5,7,13-14,27H,3-4,6,8-10H2,1-2H3,(H,25,28). The Balaban J connectivity index is 1.62. The number of aromatic amines is 1. The first-order valence-electron chi connectivity index (χ1n) is 10.2. The van der Waals surface area contributed by atoms with E-state index in [1.54, 1.807) is 11.0 Å². The average Bonchev–Trinajstić information content (AvgIpc) is 3.17. The molecule has 0 radical (unpaired) electrons. The zero-order valence-electron chi connectivity index (χ0n) is 17.3. The fourth-order valence-corrected chi connectivity index (χ4v) is 4.76. The Kier molecular flexibility index (Phi) is 6.30. The van der Waals surface area contributed by atoms with Gasteiger partial charge in [0.25, 0.3) is 11.5 Å². The number of aliphatic hydroxyl groups is 1. The van der Waals surface area contributed by atoms with Crippen LogP contribution < -0.4 is 10.3 Å². The van der Waals surface area contributed by atoms with Gasteiger partial charge in [-0.3, -0.25) is 9.59 Å². The van der Waals surface area contributed by atoms with Crippen molar-refractivity contribution in [1.82, 2.24) is 9.88 Å². The number of nitrogens with zero attached hydrogens (tertiary/aromatic N) is 1. The monoisotopic (exact) mass is 466 g/mol. The summed E-state index contributed by atoms with van der Waals surface area (Å²) >= 11 is 13.1. The Morgan fingerprint density at radius 2 is 2.06 bits per heavy atom. The topological polar surface area (TPSA) is 91.9 Å². The number of halogens is 2. The van der Waals surface area contributed by atoms with Gasteiger partial charge in [0, 0.05) is 35.3 Å². The van der Waals surface area contributed by atoms with E-state index in [9.17, 15) is 14.7 Å². The molecule has 1 aromatic heterocycles. The van der Waals surface area contributed by atoms with Crippen LogP contribution in [0.5, 0.6) is 5.75 Å². The summed E-state index contributed by atoms with van der Waals surface area (Å²) in [4.78, 5) is 30.1. The summed E-state index contributed by atoms with van der Waals surface area (Å²) < 4.78 is 11.4. The van der Waals surface area contributed by atoms with Crippen molar-refractivity contribution in [3.05, 3.63) is 60.5 Å². The number of aliphatic hydroxyl groups excluding tert-OH is 1. The molecule has 1 saturated heterocycles. The third-order valence-corrected chi connectivity index (χ3v) is 6.51. The Hall–Kier alpha value is -2.06. The number of pyridine rings is 1. The van der Waals surface area contributed by atoms with Crippen LogP contribution in [0.25, 0.3) is 0 Å². The van der Waals surface area contributed by atoms with E-state index >= 15 is 0 Å². The molecule has 31 heavy (non-hydrogen) atoms. The summed E-state index contributed by atoms with van der Waals surface area (Å²) in [6.07, 6.45) is 0.496. The van der Waals surface area contributed by atoms with Gasteiger partial charge in [0.1, 0.15) is 11.9 Å². The number of hydrogen-bond acceptors (Lipinski definition) is 5. The molecular formula is C22H24Cl2N2O5. The average molecular weight is 467 g/mol. The van der Waals surface area contributed by atoms with E-state index in [-0.39, 0.29) is 41.8 Å². The maximum atomic E-state index is 13.3. The van der Waals surface area contributed by atoms with Crippen molar-refractivity contribution >= 4 is 29.1 Å². The lowest BCUT2D eigenvalue weighted by molar-refractivity contribution is 0.0534. The number of carbonyl (C=O) groups is 1. The molecule has 166 valence electrons. The molecule has 3 heterocycles. The van der Waals surface area contributed by atoms with Crippen molar-refractivity contribution in [2.75, 3.05) is 19.8 Å². The van der Waals surface area contributed by atoms with Crippen molar-refractivity contribution in [2.45, 2.75) is 45.4 Å². The van der Waals surface area contributed by atoms with Crippen molar-refractivity contribution < 1.29 is 19.4 Å². The second-order valence-corrected chi connectivity index (χ2v) is 8.84. The normalized spacial score (nSPS) is 20.8. The minimum Gasteiger partial charge on any atom is -0.486 e.